The number of cyclic esters (lactones) is 1. The van der Waals surface area contributed by atoms with Gasteiger partial charge in [-0.1, -0.05) is 20.8 Å². The molecule has 0 spiro atoms. The smallest absolute Gasteiger partial charge is 0.331 e. The second kappa shape index (κ2) is 21.4. The van der Waals surface area contributed by atoms with Crippen molar-refractivity contribution < 1.29 is 72.7 Å². The summed E-state index contributed by atoms with van der Waals surface area (Å²) < 4.78 is 48.7. The third-order valence-electron chi connectivity index (χ3n) is 13.0. The summed E-state index contributed by atoms with van der Waals surface area (Å²) in [5, 5.41) is 47.2. The quantitative estimate of drug-likeness (QED) is 0.141. The molecular formula is C43H76N2O15. The minimum atomic E-state index is -1.85. The summed E-state index contributed by atoms with van der Waals surface area (Å²) in [6, 6.07) is -1.02. The van der Waals surface area contributed by atoms with E-state index in [1.165, 1.54) is 21.1 Å². The lowest BCUT2D eigenvalue weighted by Gasteiger charge is -2.49. The predicted molar refractivity (Wildman–Crippen MR) is 219 cm³/mol. The second-order valence-electron chi connectivity index (χ2n) is 18.4. The number of esters is 3. The molecule has 0 bridgehead atoms. The van der Waals surface area contributed by atoms with Crippen LogP contribution < -0.4 is 0 Å². The Balaban J connectivity index is 2.24. The average molecular weight is 861 g/mol. The van der Waals surface area contributed by atoms with Gasteiger partial charge in [0, 0.05) is 44.2 Å². The van der Waals surface area contributed by atoms with Crippen LogP contribution in [0.25, 0.3) is 0 Å². The van der Waals surface area contributed by atoms with Gasteiger partial charge in [0.1, 0.15) is 23.9 Å². The maximum Gasteiger partial charge on any atom is 0.331 e. The Morgan fingerprint density at radius 1 is 0.917 bits per heavy atom. The number of aliphatic hydroxyl groups is 4. The van der Waals surface area contributed by atoms with E-state index in [1.807, 2.05) is 44.8 Å². The molecule has 0 saturated carbocycles. The number of carbonyl (C=O) groups excluding carboxylic acids is 3. The molecule has 0 unspecified atom stereocenters. The lowest BCUT2D eigenvalue weighted by atomic mass is 9.77. The third kappa shape index (κ3) is 12.5. The van der Waals surface area contributed by atoms with E-state index in [0.29, 0.717) is 13.0 Å². The van der Waals surface area contributed by atoms with Crippen LogP contribution in [0, 0.1) is 17.8 Å². The normalized spacial score (nSPS) is 44.5. The van der Waals surface area contributed by atoms with Crippen molar-refractivity contribution in [2.45, 2.75) is 185 Å². The highest BCUT2D eigenvalue weighted by Crippen LogP contribution is 2.40. The molecule has 0 aromatic heterocycles. The molecule has 348 valence electrons. The fraction of sp³-hybridized carbons (Fsp3) is 0.884. The van der Waals surface area contributed by atoms with Gasteiger partial charge in [-0.05, 0) is 94.8 Å². The van der Waals surface area contributed by atoms with Crippen LogP contribution in [0.5, 0.6) is 0 Å². The van der Waals surface area contributed by atoms with Crippen LogP contribution in [0.15, 0.2) is 12.2 Å². The summed E-state index contributed by atoms with van der Waals surface area (Å²) in [4.78, 5) is 43.2. The summed E-state index contributed by atoms with van der Waals surface area (Å²) in [5.41, 5.74) is -4.61. The van der Waals surface area contributed by atoms with Crippen molar-refractivity contribution in [1.29, 1.82) is 0 Å². The van der Waals surface area contributed by atoms with Gasteiger partial charge in [0.2, 0.25) is 0 Å². The lowest BCUT2D eigenvalue weighted by Crippen LogP contribution is -2.61. The first-order valence-electron chi connectivity index (χ1n) is 21.3. The maximum absolute atomic E-state index is 14.4. The first kappa shape index (κ1) is 52.1. The maximum atomic E-state index is 14.4. The Kier molecular flexibility index (Phi) is 18.6. The third-order valence-corrected chi connectivity index (χ3v) is 13.0. The summed E-state index contributed by atoms with van der Waals surface area (Å²) >= 11 is 0. The molecule has 4 N–H and O–H groups in total. The van der Waals surface area contributed by atoms with E-state index in [2.05, 4.69) is 4.74 Å². The molecular weight excluding hydrogens is 784 g/mol. The summed E-state index contributed by atoms with van der Waals surface area (Å²) in [7, 11) is 8.14. The zero-order valence-corrected chi connectivity index (χ0v) is 38.5. The number of hydrogen-bond donors (Lipinski definition) is 4. The van der Waals surface area contributed by atoms with Crippen LogP contribution in [-0.4, -0.2) is 180 Å². The summed E-state index contributed by atoms with van der Waals surface area (Å²) in [6.07, 6.45) is -7.42. The number of ether oxygens (including phenoxy) is 8. The standard InChI is InChI=1S/C43H76N2O15/c1-16-30-43(10,52)36(48)27(6)45(13)22-23(2)20-41(8,51)38(60-40-35(29(44(11)12)19-24(3)55-40)58-32(47)18-17-31(46)53-14)25(4)34(26(5)39(50)57-30)59-33-21-42(9,54-15)37(49)28(7)56-33/h17-18,23-30,33-38,40,48-49,51-52H,16,19-22H2,1-15H3/b18-17+/t23-,24-,25+,26-,27-,28+,29+,30-,33+,34+,35-,36-,37+,38-,40+,41-,42-,43-/m1/s1. The SMILES string of the molecule is CC[C@H]1OC(=O)[C@H](C)[C@@H](O[C@H]2C[C@@](C)(OC)[C@@H](O)[C@H](C)O2)[C@H](C)[C@@H](O[C@@H]2O[C@H](C)C[C@H](N(C)C)[C@H]2OC(=O)/C=C/C(=O)OC)[C@](C)(O)C[C@@H](C)CN(C)[C@H](C)[C@@H](O)[C@]1(C)O. The molecule has 3 aliphatic rings. The number of hydrogen-bond acceptors (Lipinski definition) is 17. The Bertz CT molecular complexity index is 1440. The predicted octanol–water partition coefficient (Wildman–Crippen LogP) is 2.18. The van der Waals surface area contributed by atoms with Gasteiger partial charge in [-0.2, -0.15) is 0 Å². The second-order valence-corrected chi connectivity index (χ2v) is 18.4. The molecule has 18 atom stereocenters. The number of nitrogens with zero attached hydrogens (tertiary/aromatic N) is 2. The van der Waals surface area contributed by atoms with Gasteiger partial charge in [0.15, 0.2) is 18.7 Å². The van der Waals surface area contributed by atoms with Crippen LogP contribution >= 0.6 is 0 Å². The van der Waals surface area contributed by atoms with Crippen molar-refractivity contribution in [3.05, 3.63) is 12.2 Å². The average Bonchev–Trinajstić information content (AvgIpc) is 3.17. The monoisotopic (exact) mass is 861 g/mol. The van der Waals surface area contributed by atoms with E-state index < -0.39 is 114 Å². The van der Waals surface area contributed by atoms with Crippen LogP contribution in [0.4, 0.5) is 0 Å². The number of likely N-dealkylation sites (N-methyl/N-ethyl adjacent to an activating group) is 2. The fourth-order valence-corrected chi connectivity index (χ4v) is 9.23. The van der Waals surface area contributed by atoms with Crippen molar-refractivity contribution in [2.75, 3.05) is 41.9 Å². The molecule has 3 aliphatic heterocycles. The molecule has 3 rings (SSSR count). The fourth-order valence-electron chi connectivity index (χ4n) is 9.23. The molecule has 3 saturated heterocycles. The molecule has 0 amide bonds. The van der Waals surface area contributed by atoms with Crippen LogP contribution in [-0.2, 0) is 52.3 Å². The van der Waals surface area contributed by atoms with Crippen molar-refractivity contribution in [3.63, 3.8) is 0 Å². The van der Waals surface area contributed by atoms with Gasteiger partial charge in [0.05, 0.1) is 54.7 Å². The highest BCUT2D eigenvalue weighted by molar-refractivity contribution is 5.91. The minimum Gasteiger partial charge on any atom is -0.466 e. The minimum absolute atomic E-state index is 0.0759. The Labute approximate surface area is 356 Å². The van der Waals surface area contributed by atoms with Crippen molar-refractivity contribution in [2.24, 2.45) is 17.8 Å². The van der Waals surface area contributed by atoms with Gasteiger partial charge in [-0.25, -0.2) is 9.59 Å². The molecule has 0 aliphatic carbocycles. The zero-order chi connectivity index (χ0) is 45.7. The van der Waals surface area contributed by atoms with Crippen LogP contribution in [0.3, 0.4) is 0 Å². The van der Waals surface area contributed by atoms with Gasteiger partial charge >= 0.3 is 17.9 Å². The Morgan fingerprint density at radius 2 is 1.53 bits per heavy atom. The van der Waals surface area contributed by atoms with E-state index in [0.717, 1.165) is 12.2 Å². The summed E-state index contributed by atoms with van der Waals surface area (Å²) in [5.74, 6) is -4.52. The molecule has 0 aromatic carbocycles. The van der Waals surface area contributed by atoms with E-state index in [-0.39, 0.29) is 31.3 Å². The zero-order valence-electron chi connectivity index (χ0n) is 38.5. The van der Waals surface area contributed by atoms with Crippen molar-refractivity contribution in [3.8, 4) is 0 Å². The number of carbonyl (C=O) groups is 3. The van der Waals surface area contributed by atoms with Crippen molar-refractivity contribution >= 4 is 17.9 Å². The number of methoxy groups -OCH3 is 2. The van der Waals surface area contributed by atoms with Crippen LogP contribution in [0.1, 0.15) is 94.9 Å². The Hall–Kier alpha value is -2.29. The summed E-state index contributed by atoms with van der Waals surface area (Å²) in [6.45, 7) is 17.6. The largest absolute Gasteiger partial charge is 0.466 e. The van der Waals surface area contributed by atoms with Gasteiger partial charge in [-0.3, -0.25) is 4.79 Å². The van der Waals surface area contributed by atoms with E-state index in [9.17, 15) is 34.8 Å². The Morgan fingerprint density at radius 3 is 2.10 bits per heavy atom. The molecule has 17 heteroatoms. The molecule has 0 aromatic rings. The molecule has 17 nitrogen and oxygen atoms in total. The topological polar surface area (TPSA) is 212 Å². The molecule has 3 fully saturated rings. The van der Waals surface area contributed by atoms with Gasteiger partial charge in [0.25, 0.3) is 0 Å². The first-order chi connectivity index (χ1) is 27.7. The number of rotatable bonds is 10. The lowest BCUT2D eigenvalue weighted by molar-refractivity contribution is -0.318. The van der Waals surface area contributed by atoms with Gasteiger partial charge in [-0.15, -0.1) is 0 Å². The van der Waals surface area contributed by atoms with Gasteiger partial charge < -0.3 is 68.1 Å². The van der Waals surface area contributed by atoms with E-state index in [4.69, 9.17) is 33.2 Å². The van der Waals surface area contributed by atoms with Crippen molar-refractivity contribution in [1.82, 2.24) is 9.80 Å². The van der Waals surface area contributed by atoms with Crippen LogP contribution in [0.2, 0.25) is 0 Å². The molecule has 60 heavy (non-hydrogen) atoms. The highest BCUT2D eigenvalue weighted by atomic mass is 16.7. The molecule has 3 heterocycles. The highest BCUT2D eigenvalue weighted by Gasteiger charge is 2.53. The molecule has 0 radical (unpaired) electrons. The first-order valence-corrected chi connectivity index (χ1v) is 21.3. The van der Waals surface area contributed by atoms with E-state index >= 15 is 0 Å². The number of aliphatic hydroxyl groups excluding tert-OH is 2. The van der Waals surface area contributed by atoms with E-state index in [1.54, 1.807) is 48.5 Å².